The summed E-state index contributed by atoms with van der Waals surface area (Å²) in [6.45, 7) is 3.82. The molecule has 2 rings (SSSR count). The lowest BCUT2D eigenvalue weighted by Gasteiger charge is -2.26. The Kier molecular flexibility index (Phi) is 4.42. The summed E-state index contributed by atoms with van der Waals surface area (Å²) in [6.07, 6.45) is 3.09. The van der Waals surface area contributed by atoms with Gasteiger partial charge in [0.1, 0.15) is 4.90 Å². The van der Waals surface area contributed by atoms with E-state index in [4.69, 9.17) is 0 Å². The third-order valence-corrected chi connectivity index (χ3v) is 6.60. The monoisotopic (exact) mass is 288 g/mol. The topological polar surface area (TPSA) is 49.4 Å². The molecule has 0 bridgehead atoms. The van der Waals surface area contributed by atoms with Crippen LogP contribution in [0.3, 0.4) is 0 Å². The van der Waals surface area contributed by atoms with Gasteiger partial charge in [-0.2, -0.15) is 4.31 Å². The number of nitrogens with one attached hydrogen (secondary N) is 1. The van der Waals surface area contributed by atoms with Crippen molar-refractivity contribution in [2.45, 2.75) is 37.6 Å². The number of hydrogen-bond acceptors (Lipinski definition) is 4. The van der Waals surface area contributed by atoms with Crippen LogP contribution in [-0.2, 0) is 16.6 Å². The highest BCUT2D eigenvalue weighted by Crippen LogP contribution is 2.30. The Morgan fingerprint density at radius 2 is 2.00 bits per heavy atom. The molecule has 1 N–H and O–H groups in total. The second-order valence-corrected chi connectivity index (χ2v) is 7.51. The number of piperidine rings is 1. The molecular weight excluding hydrogens is 268 g/mol. The van der Waals surface area contributed by atoms with Crippen LogP contribution in [0.5, 0.6) is 0 Å². The lowest BCUT2D eigenvalue weighted by Crippen LogP contribution is -2.36. The van der Waals surface area contributed by atoms with Crippen LogP contribution in [0.1, 0.15) is 29.7 Å². The molecule has 0 radical (unpaired) electrons. The third-order valence-electron chi connectivity index (χ3n) is 3.24. The number of hydrogen-bond donors (Lipinski definition) is 1. The van der Waals surface area contributed by atoms with Crippen LogP contribution in [0.25, 0.3) is 0 Å². The fraction of sp³-hybridized carbons (Fsp3) is 0.667. The maximum Gasteiger partial charge on any atom is 0.244 e. The average Bonchev–Trinajstić information content (AvgIpc) is 2.73. The Labute approximate surface area is 113 Å². The SMILES string of the molecule is CNCc1scc(C)c1S(=O)(=O)N1CCCCC1. The van der Waals surface area contributed by atoms with Gasteiger partial charge in [0.05, 0.1) is 0 Å². The van der Waals surface area contributed by atoms with Gasteiger partial charge in [-0.25, -0.2) is 8.42 Å². The Hall–Kier alpha value is -0.430. The van der Waals surface area contributed by atoms with Crippen molar-refractivity contribution in [2.24, 2.45) is 0 Å². The molecule has 1 aliphatic heterocycles. The smallest absolute Gasteiger partial charge is 0.244 e. The minimum Gasteiger partial charge on any atom is -0.315 e. The molecule has 6 heteroatoms. The van der Waals surface area contributed by atoms with Gasteiger partial charge in [0.25, 0.3) is 0 Å². The highest BCUT2D eigenvalue weighted by atomic mass is 32.2. The Balaban J connectivity index is 2.36. The number of sulfonamides is 1. The molecule has 1 aromatic rings. The fourth-order valence-corrected chi connectivity index (χ4v) is 5.64. The Bertz CT molecular complexity index is 502. The minimum atomic E-state index is -3.30. The quantitative estimate of drug-likeness (QED) is 0.921. The van der Waals surface area contributed by atoms with E-state index in [1.807, 2.05) is 19.4 Å². The van der Waals surface area contributed by atoms with Crippen molar-refractivity contribution in [3.63, 3.8) is 0 Å². The average molecular weight is 288 g/mol. The highest BCUT2D eigenvalue weighted by molar-refractivity contribution is 7.89. The van der Waals surface area contributed by atoms with E-state index in [0.29, 0.717) is 24.5 Å². The van der Waals surface area contributed by atoms with Gasteiger partial charge >= 0.3 is 0 Å². The summed E-state index contributed by atoms with van der Waals surface area (Å²) in [7, 11) is -1.46. The van der Waals surface area contributed by atoms with E-state index in [9.17, 15) is 8.42 Å². The van der Waals surface area contributed by atoms with Crippen LogP contribution in [0.2, 0.25) is 0 Å². The Morgan fingerprint density at radius 1 is 1.33 bits per heavy atom. The predicted octanol–water partition coefficient (Wildman–Crippen LogP) is 1.95. The number of thiophene rings is 1. The summed E-state index contributed by atoms with van der Waals surface area (Å²) in [5.41, 5.74) is 0.871. The number of nitrogens with zero attached hydrogens (tertiary/aromatic N) is 1. The maximum atomic E-state index is 12.7. The second-order valence-electron chi connectivity index (χ2n) is 4.67. The molecule has 4 nitrogen and oxygen atoms in total. The van der Waals surface area contributed by atoms with E-state index >= 15 is 0 Å². The van der Waals surface area contributed by atoms with E-state index in [2.05, 4.69) is 5.32 Å². The van der Waals surface area contributed by atoms with Crippen molar-refractivity contribution in [1.29, 1.82) is 0 Å². The Morgan fingerprint density at radius 3 is 2.61 bits per heavy atom. The standard InChI is InChI=1S/C12H20N2O2S2/c1-10-9-17-11(8-13-2)12(10)18(15,16)14-6-4-3-5-7-14/h9,13H,3-8H2,1-2H3. The lowest BCUT2D eigenvalue weighted by atomic mass is 10.2. The minimum absolute atomic E-state index is 0.531. The molecule has 1 fully saturated rings. The molecule has 0 aliphatic carbocycles. The molecule has 102 valence electrons. The van der Waals surface area contributed by atoms with Crippen LogP contribution in [0.4, 0.5) is 0 Å². The van der Waals surface area contributed by atoms with E-state index in [-0.39, 0.29) is 0 Å². The summed E-state index contributed by atoms with van der Waals surface area (Å²) in [4.78, 5) is 1.45. The van der Waals surface area contributed by atoms with Crippen molar-refractivity contribution in [1.82, 2.24) is 9.62 Å². The lowest BCUT2D eigenvalue weighted by molar-refractivity contribution is 0.346. The maximum absolute atomic E-state index is 12.7. The molecule has 0 amide bonds. The molecule has 1 saturated heterocycles. The second kappa shape index (κ2) is 5.69. The molecule has 18 heavy (non-hydrogen) atoms. The number of aryl methyl sites for hydroxylation is 1. The zero-order valence-corrected chi connectivity index (χ0v) is 12.5. The fourth-order valence-electron chi connectivity index (χ4n) is 2.35. The summed E-state index contributed by atoms with van der Waals surface area (Å²) in [5.74, 6) is 0. The molecule has 0 saturated carbocycles. The van der Waals surface area contributed by atoms with E-state index in [1.165, 1.54) is 11.3 Å². The van der Waals surface area contributed by atoms with E-state index < -0.39 is 10.0 Å². The van der Waals surface area contributed by atoms with Crippen molar-refractivity contribution in [3.05, 3.63) is 15.8 Å². The van der Waals surface area contributed by atoms with Gasteiger partial charge in [-0.1, -0.05) is 6.42 Å². The van der Waals surface area contributed by atoms with Crippen LogP contribution < -0.4 is 5.32 Å². The summed E-state index contributed by atoms with van der Waals surface area (Å²) in [5, 5.41) is 4.97. The predicted molar refractivity (Wildman–Crippen MR) is 74.4 cm³/mol. The van der Waals surface area contributed by atoms with Gasteiger partial charge in [-0.15, -0.1) is 11.3 Å². The van der Waals surface area contributed by atoms with Crippen LogP contribution in [0, 0.1) is 6.92 Å². The first-order chi connectivity index (χ1) is 8.57. The summed E-state index contributed by atoms with van der Waals surface area (Å²) >= 11 is 1.52. The molecule has 0 spiro atoms. The number of rotatable bonds is 4. The van der Waals surface area contributed by atoms with Gasteiger partial charge in [0.15, 0.2) is 0 Å². The highest BCUT2D eigenvalue weighted by Gasteiger charge is 2.30. The van der Waals surface area contributed by atoms with E-state index in [0.717, 1.165) is 29.7 Å². The molecule has 1 aliphatic rings. The van der Waals surface area contributed by atoms with Crippen LogP contribution in [0.15, 0.2) is 10.3 Å². The molecule has 0 unspecified atom stereocenters. The zero-order chi connectivity index (χ0) is 13.2. The molecular formula is C12H20N2O2S2. The van der Waals surface area contributed by atoms with E-state index in [1.54, 1.807) is 4.31 Å². The third kappa shape index (κ3) is 2.61. The van der Waals surface area contributed by atoms with Gasteiger partial charge in [0, 0.05) is 24.5 Å². The van der Waals surface area contributed by atoms with Gasteiger partial charge in [0.2, 0.25) is 10.0 Å². The van der Waals surface area contributed by atoms with Crippen LogP contribution in [-0.4, -0.2) is 32.9 Å². The first-order valence-electron chi connectivity index (χ1n) is 6.29. The molecule has 2 heterocycles. The van der Waals surface area contributed by atoms with Gasteiger partial charge < -0.3 is 5.32 Å². The van der Waals surface area contributed by atoms with Crippen molar-refractivity contribution >= 4 is 21.4 Å². The van der Waals surface area contributed by atoms with Crippen LogP contribution >= 0.6 is 11.3 Å². The molecule has 0 atom stereocenters. The molecule has 1 aromatic heterocycles. The van der Waals surface area contributed by atoms with Gasteiger partial charge in [-0.3, -0.25) is 0 Å². The largest absolute Gasteiger partial charge is 0.315 e. The summed E-state index contributed by atoms with van der Waals surface area (Å²) in [6, 6.07) is 0. The van der Waals surface area contributed by atoms with Gasteiger partial charge in [-0.05, 0) is 37.8 Å². The van der Waals surface area contributed by atoms with Crippen molar-refractivity contribution in [2.75, 3.05) is 20.1 Å². The first kappa shape index (κ1) is 14.0. The normalized spacial score (nSPS) is 18.1. The van der Waals surface area contributed by atoms with Crippen molar-refractivity contribution in [3.8, 4) is 0 Å². The van der Waals surface area contributed by atoms with Crippen molar-refractivity contribution < 1.29 is 8.42 Å². The molecule has 0 aromatic carbocycles. The zero-order valence-electron chi connectivity index (χ0n) is 10.9. The first-order valence-corrected chi connectivity index (χ1v) is 8.61. The summed E-state index contributed by atoms with van der Waals surface area (Å²) < 4.78 is 27.0.